The van der Waals surface area contributed by atoms with Gasteiger partial charge in [-0.1, -0.05) is 23.7 Å². The number of hydrogen-bond acceptors (Lipinski definition) is 3. The number of aromatic nitrogens is 2. The summed E-state index contributed by atoms with van der Waals surface area (Å²) in [6.45, 7) is 0.0992. The van der Waals surface area contributed by atoms with Crippen molar-refractivity contribution in [2.24, 2.45) is 0 Å². The third-order valence-electron chi connectivity index (χ3n) is 3.48. The van der Waals surface area contributed by atoms with Gasteiger partial charge >= 0.3 is 11.7 Å². The number of carboxylic acid groups (broad SMARTS) is 1. The number of carbonyl (C=O) groups is 1. The molecule has 0 saturated heterocycles. The average molecular weight is 331 g/mol. The van der Waals surface area contributed by atoms with Gasteiger partial charge in [0.2, 0.25) is 0 Å². The normalized spacial score (nSPS) is 10.8. The summed E-state index contributed by atoms with van der Waals surface area (Å²) >= 11 is 5.81. The molecule has 1 heterocycles. The molecule has 6 nitrogen and oxygen atoms in total. The number of halogens is 1. The van der Waals surface area contributed by atoms with Crippen molar-refractivity contribution in [2.45, 2.75) is 6.54 Å². The molecule has 1 aromatic heterocycles. The van der Waals surface area contributed by atoms with Crippen LogP contribution in [-0.4, -0.2) is 20.6 Å². The molecule has 2 aromatic carbocycles. The molecule has 0 aliphatic rings. The van der Waals surface area contributed by atoms with Crippen LogP contribution >= 0.6 is 11.6 Å². The van der Waals surface area contributed by atoms with Gasteiger partial charge in [0.15, 0.2) is 0 Å². The van der Waals surface area contributed by atoms with E-state index < -0.39 is 17.2 Å². The van der Waals surface area contributed by atoms with Crippen LogP contribution in [0.3, 0.4) is 0 Å². The summed E-state index contributed by atoms with van der Waals surface area (Å²) in [6.07, 6.45) is 0. The second-order valence-electron chi connectivity index (χ2n) is 5.01. The first kappa shape index (κ1) is 15.1. The van der Waals surface area contributed by atoms with E-state index in [1.54, 1.807) is 24.3 Å². The lowest BCUT2D eigenvalue weighted by molar-refractivity contribution is 0.0697. The maximum Gasteiger partial charge on any atom is 0.335 e. The maximum atomic E-state index is 12.5. The van der Waals surface area contributed by atoms with Crippen molar-refractivity contribution in [1.82, 2.24) is 9.55 Å². The Kier molecular flexibility index (Phi) is 3.75. The molecule has 7 heteroatoms. The predicted molar refractivity (Wildman–Crippen MR) is 86.3 cm³/mol. The van der Waals surface area contributed by atoms with E-state index in [1.807, 2.05) is 0 Å². The first-order chi connectivity index (χ1) is 11.0. The van der Waals surface area contributed by atoms with E-state index in [0.717, 1.165) is 10.1 Å². The number of hydrogen-bond donors (Lipinski definition) is 2. The van der Waals surface area contributed by atoms with Crippen molar-refractivity contribution in [3.63, 3.8) is 0 Å². The van der Waals surface area contributed by atoms with Gasteiger partial charge in [0.05, 0.1) is 23.0 Å². The molecule has 0 unspecified atom stereocenters. The smallest absolute Gasteiger partial charge is 0.335 e. The lowest BCUT2D eigenvalue weighted by Crippen LogP contribution is -2.35. The van der Waals surface area contributed by atoms with Gasteiger partial charge in [0, 0.05) is 5.02 Å². The number of benzene rings is 2. The zero-order valence-electron chi connectivity index (χ0n) is 11.7. The summed E-state index contributed by atoms with van der Waals surface area (Å²) in [7, 11) is 0. The quantitative estimate of drug-likeness (QED) is 0.769. The molecule has 0 atom stereocenters. The Morgan fingerprint density at radius 2 is 1.83 bits per heavy atom. The lowest BCUT2D eigenvalue weighted by atomic mass is 10.1. The molecule has 0 spiro atoms. The van der Waals surface area contributed by atoms with Gasteiger partial charge in [-0.2, -0.15) is 0 Å². The second-order valence-corrected chi connectivity index (χ2v) is 5.45. The van der Waals surface area contributed by atoms with Crippen LogP contribution < -0.4 is 11.2 Å². The van der Waals surface area contributed by atoms with Crippen molar-refractivity contribution in [3.8, 4) is 0 Å². The Balaban J connectivity index is 2.13. The fourth-order valence-electron chi connectivity index (χ4n) is 2.30. The molecule has 0 radical (unpaired) electrons. The van der Waals surface area contributed by atoms with E-state index >= 15 is 0 Å². The zero-order chi connectivity index (χ0) is 16.6. The summed E-state index contributed by atoms with van der Waals surface area (Å²) in [6, 6.07) is 10.8. The van der Waals surface area contributed by atoms with Crippen molar-refractivity contribution in [1.29, 1.82) is 0 Å². The molecule has 0 saturated carbocycles. The first-order valence-electron chi connectivity index (χ1n) is 6.70. The van der Waals surface area contributed by atoms with Gasteiger partial charge in [-0.15, -0.1) is 0 Å². The minimum atomic E-state index is -1.13. The molecule has 0 amide bonds. The summed E-state index contributed by atoms with van der Waals surface area (Å²) in [5, 5.41) is 9.79. The Morgan fingerprint density at radius 1 is 1.13 bits per heavy atom. The fourth-order valence-corrected chi connectivity index (χ4v) is 2.43. The SMILES string of the molecule is O=C(O)c1ccc2c(=O)n(Cc3ccc(Cl)cc3)c(=O)[nH]c2c1. The predicted octanol–water partition coefficient (Wildman–Crippen LogP) is 2.09. The number of fused-ring (bicyclic) bond motifs is 1. The molecule has 0 bridgehead atoms. The molecule has 3 rings (SSSR count). The van der Waals surface area contributed by atoms with Gasteiger partial charge in [-0.05, 0) is 35.9 Å². The van der Waals surface area contributed by atoms with Crippen LogP contribution in [-0.2, 0) is 6.54 Å². The van der Waals surface area contributed by atoms with Gasteiger partial charge in [-0.3, -0.25) is 9.36 Å². The zero-order valence-corrected chi connectivity index (χ0v) is 12.5. The second kappa shape index (κ2) is 5.73. The van der Waals surface area contributed by atoms with E-state index in [4.69, 9.17) is 16.7 Å². The summed E-state index contributed by atoms with van der Waals surface area (Å²) in [5.41, 5.74) is -0.116. The van der Waals surface area contributed by atoms with E-state index in [1.165, 1.54) is 18.2 Å². The molecule has 0 aliphatic carbocycles. The summed E-state index contributed by atoms with van der Waals surface area (Å²) < 4.78 is 1.06. The van der Waals surface area contributed by atoms with Crippen LogP contribution in [0.5, 0.6) is 0 Å². The summed E-state index contributed by atoms with van der Waals surface area (Å²) in [4.78, 5) is 38.1. The van der Waals surface area contributed by atoms with Crippen molar-refractivity contribution in [2.75, 3.05) is 0 Å². The number of aromatic carboxylic acids is 1. The number of carboxylic acids is 1. The molecule has 0 aliphatic heterocycles. The number of H-pyrrole nitrogens is 1. The molecular formula is C16H11ClN2O4. The minimum absolute atomic E-state index is 0.00278. The Labute approximate surface area is 134 Å². The average Bonchev–Trinajstić information content (AvgIpc) is 2.52. The van der Waals surface area contributed by atoms with Gasteiger partial charge in [-0.25, -0.2) is 9.59 Å². The monoisotopic (exact) mass is 330 g/mol. The molecular weight excluding hydrogens is 320 g/mol. The van der Waals surface area contributed by atoms with Gasteiger partial charge in [0.25, 0.3) is 5.56 Å². The van der Waals surface area contributed by atoms with Gasteiger partial charge < -0.3 is 10.1 Å². The third kappa shape index (κ3) is 2.89. The molecule has 2 N–H and O–H groups in total. The van der Waals surface area contributed by atoms with Crippen LogP contribution in [0.25, 0.3) is 10.9 Å². The van der Waals surface area contributed by atoms with E-state index in [0.29, 0.717) is 5.02 Å². The molecule has 116 valence electrons. The highest BCUT2D eigenvalue weighted by Gasteiger charge is 2.11. The molecule has 3 aromatic rings. The molecule has 23 heavy (non-hydrogen) atoms. The first-order valence-corrected chi connectivity index (χ1v) is 7.08. The Hall–Kier alpha value is -2.86. The highest BCUT2D eigenvalue weighted by atomic mass is 35.5. The van der Waals surface area contributed by atoms with Crippen LogP contribution in [0.4, 0.5) is 0 Å². The Bertz CT molecular complexity index is 1020. The minimum Gasteiger partial charge on any atom is -0.478 e. The van der Waals surface area contributed by atoms with Crippen LogP contribution in [0, 0.1) is 0 Å². The van der Waals surface area contributed by atoms with Crippen LogP contribution in [0.15, 0.2) is 52.1 Å². The fraction of sp³-hybridized carbons (Fsp3) is 0.0625. The standard InChI is InChI=1S/C16H11ClN2O4/c17-11-4-1-9(2-5-11)8-19-14(20)12-6-3-10(15(21)22)7-13(12)18-16(19)23/h1-7H,8H2,(H,18,23)(H,21,22). The van der Waals surface area contributed by atoms with Crippen molar-refractivity contribution >= 4 is 28.5 Å². The molecule has 0 fully saturated rings. The number of nitrogens with zero attached hydrogens (tertiary/aromatic N) is 1. The highest BCUT2D eigenvalue weighted by Crippen LogP contribution is 2.11. The van der Waals surface area contributed by atoms with E-state index in [2.05, 4.69) is 4.98 Å². The van der Waals surface area contributed by atoms with Gasteiger partial charge in [0.1, 0.15) is 0 Å². The maximum absolute atomic E-state index is 12.5. The van der Waals surface area contributed by atoms with Crippen molar-refractivity contribution < 1.29 is 9.90 Å². The Morgan fingerprint density at radius 3 is 2.48 bits per heavy atom. The van der Waals surface area contributed by atoms with E-state index in [9.17, 15) is 14.4 Å². The number of nitrogens with one attached hydrogen (secondary N) is 1. The summed E-state index contributed by atoms with van der Waals surface area (Å²) in [5.74, 6) is -1.13. The number of aromatic amines is 1. The van der Waals surface area contributed by atoms with Crippen LogP contribution in [0.2, 0.25) is 5.02 Å². The third-order valence-corrected chi connectivity index (χ3v) is 3.73. The largest absolute Gasteiger partial charge is 0.478 e. The highest BCUT2D eigenvalue weighted by molar-refractivity contribution is 6.30. The number of rotatable bonds is 3. The van der Waals surface area contributed by atoms with Crippen molar-refractivity contribution in [3.05, 3.63) is 79.5 Å². The topological polar surface area (TPSA) is 92.2 Å². The van der Waals surface area contributed by atoms with E-state index in [-0.39, 0.29) is 23.0 Å². The lowest BCUT2D eigenvalue weighted by Gasteiger charge is -2.07. The van der Waals surface area contributed by atoms with Crippen LogP contribution in [0.1, 0.15) is 15.9 Å².